The van der Waals surface area contributed by atoms with Crippen molar-refractivity contribution >= 4 is 10.0 Å². The Labute approximate surface area is 121 Å². The van der Waals surface area contributed by atoms with Gasteiger partial charge < -0.3 is 5.73 Å². The summed E-state index contributed by atoms with van der Waals surface area (Å²) >= 11 is 0. The molecule has 0 fully saturated rings. The van der Waals surface area contributed by atoms with Crippen LogP contribution in [-0.2, 0) is 10.0 Å². The molecule has 1 aromatic carbocycles. The predicted octanol–water partition coefficient (Wildman–Crippen LogP) is 1.71. The number of sulfonamides is 1. The van der Waals surface area contributed by atoms with Gasteiger partial charge in [0, 0.05) is 12.1 Å². The Morgan fingerprint density at radius 2 is 2.00 bits per heavy atom. The Morgan fingerprint density at radius 1 is 1.30 bits per heavy atom. The van der Waals surface area contributed by atoms with Crippen LogP contribution in [0, 0.1) is 17.3 Å². The summed E-state index contributed by atoms with van der Waals surface area (Å²) in [5, 5.41) is 0. The van der Waals surface area contributed by atoms with Crippen LogP contribution in [0.15, 0.2) is 29.2 Å². The standard InChI is InChI=1S/C15H22N2O2S/c1-15(2,3)9-11-17-20(18,19)14-8-4-6-13(12-14)7-5-10-16/h4,6,8,12,17H,9-11,16H2,1-3H3. The van der Waals surface area contributed by atoms with Gasteiger partial charge in [-0.25, -0.2) is 13.1 Å². The first-order chi connectivity index (χ1) is 9.24. The molecule has 0 aliphatic carbocycles. The number of hydrogen-bond acceptors (Lipinski definition) is 3. The number of nitrogens with one attached hydrogen (secondary N) is 1. The lowest BCUT2D eigenvalue weighted by atomic mass is 9.93. The van der Waals surface area contributed by atoms with E-state index in [1.54, 1.807) is 24.3 Å². The fourth-order valence-electron chi connectivity index (χ4n) is 1.54. The number of rotatable bonds is 4. The lowest BCUT2D eigenvalue weighted by Crippen LogP contribution is -2.27. The summed E-state index contributed by atoms with van der Waals surface area (Å²) in [6.07, 6.45) is 0.777. The zero-order chi connectivity index (χ0) is 15.2. The second-order valence-electron chi connectivity index (χ2n) is 5.74. The minimum absolute atomic E-state index is 0.0942. The van der Waals surface area contributed by atoms with Gasteiger partial charge in [0.1, 0.15) is 0 Å². The molecule has 0 unspecified atom stereocenters. The molecule has 0 bridgehead atoms. The Bertz CT molecular complexity index is 605. The average molecular weight is 294 g/mol. The summed E-state index contributed by atoms with van der Waals surface area (Å²) in [5.74, 6) is 5.54. The van der Waals surface area contributed by atoms with Gasteiger partial charge in [0.2, 0.25) is 10.0 Å². The van der Waals surface area contributed by atoms with E-state index in [2.05, 4.69) is 37.3 Å². The average Bonchev–Trinajstić information content (AvgIpc) is 2.35. The molecule has 4 nitrogen and oxygen atoms in total. The maximum atomic E-state index is 12.2. The van der Waals surface area contributed by atoms with E-state index in [9.17, 15) is 8.42 Å². The summed E-state index contributed by atoms with van der Waals surface area (Å²) in [7, 11) is -3.48. The maximum absolute atomic E-state index is 12.2. The van der Waals surface area contributed by atoms with Crippen molar-refractivity contribution in [1.82, 2.24) is 4.72 Å². The molecule has 0 spiro atoms. The largest absolute Gasteiger partial charge is 0.320 e. The summed E-state index contributed by atoms with van der Waals surface area (Å²) in [5.41, 5.74) is 6.04. The molecule has 0 amide bonds. The van der Waals surface area contributed by atoms with Gasteiger partial charge in [-0.15, -0.1) is 0 Å². The van der Waals surface area contributed by atoms with Crippen LogP contribution in [0.3, 0.4) is 0 Å². The minimum Gasteiger partial charge on any atom is -0.320 e. The zero-order valence-corrected chi connectivity index (χ0v) is 13.0. The Hall–Kier alpha value is -1.35. The van der Waals surface area contributed by atoms with Crippen LogP contribution < -0.4 is 10.5 Å². The van der Waals surface area contributed by atoms with Crippen molar-refractivity contribution in [1.29, 1.82) is 0 Å². The zero-order valence-electron chi connectivity index (χ0n) is 12.2. The molecule has 110 valence electrons. The lowest BCUT2D eigenvalue weighted by molar-refractivity contribution is 0.378. The summed E-state index contributed by atoms with van der Waals surface area (Å²) in [4.78, 5) is 0.232. The topological polar surface area (TPSA) is 72.2 Å². The smallest absolute Gasteiger partial charge is 0.240 e. The highest BCUT2D eigenvalue weighted by molar-refractivity contribution is 7.89. The number of benzene rings is 1. The monoisotopic (exact) mass is 294 g/mol. The fraction of sp³-hybridized carbons (Fsp3) is 0.467. The highest BCUT2D eigenvalue weighted by atomic mass is 32.2. The Morgan fingerprint density at radius 3 is 2.60 bits per heavy atom. The molecule has 0 radical (unpaired) electrons. The van der Waals surface area contributed by atoms with Gasteiger partial charge in [-0.3, -0.25) is 0 Å². The summed E-state index contributed by atoms with van der Waals surface area (Å²) in [6.45, 7) is 6.89. The van der Waals surface area contributed by atoms with Crippen LogP contribution in [0.25, 0.3) is 0 Å². The molecule has 5 heteroatoms. The second-order valence-corrected chi connectivity index (χ2v) is 7.51. The van der Waals surface area contributed by atoms with E-state index in [0.29, 0.717) is 12.1 Å². The molecule has 1 rings (SSSR count). The van der Waals surface area contributed by atoms with E-state index >= 15 is 0 Å². The molecule has 0 aromatic heterocycles. The van der Waals surface area contributed by atoms with E-state index in [1.807, 2.05) is 0 Å². The van der Waals surface area contributed by atoms with Crippen molar-refractivity contribution in [3.8, 4) is 11.8 Å². The van der Waals surface area contributed by atoms with Gasteiger partial charge in [0.25, 0.3) is 0 Å². The van der Waals surface area contributed by atoms with Gasteiger partial charge in [-0.05, 0) is 30.0 Å². The lowest BCUT2D eigenvalue weighted by Gasteiger charge is -2.18. The predicted molar refractivity (Wildman–Crippen MR) is 81.6 cm³/mol. The molecule has 0 aliphatic rings. The van der Waals surface area contributed by atoms with Gasteiger partial charge >= 0.3 is 0 Å². The van der Waals surface area contributed by atoms with Gasteiger partial charge in [-0.1, -0.05) is 38.7 Å². The fourth-order valence-corrected chi connectivity index (χ4v) is 2.62. The molecule has 3 N–H and O–H groups in total. The van der Waals surface area contributed by atoms with Crippen LogP contribution in [-0.4, -0.2) is 21.5 Å². The maximum Gasteiger partial charge on any atom is 0.240 e. The normalized spacial score (nSPS) is 11.8. The van der Waals surface area contributed by atoms with Gasteiger partial charge in [-0.2, -0.15) is 0 Å². The SMILES string of the molecule is CC(C)(C)CCNS(=O)(=O)c1cccc(C#CCN)c1. The van der Waals surface area contributed by atoms with E-state index in [1.165, 1.54) is 0 Å². The molecule has 1 aromatic rings. The molecule has 20 heavy (non-hydrogen) atoms. The first-order valence-electron chi connectivity index (χ1n) is 6.53. The second kappa shape index (κ2) is 6.89. The summed E-state index contributed by atoms with van der Waals surface area (Å²) < 4.78 is 26.9. The van der Waals surface area contributed by atoms with Gasteiger partial charge in [0.15, 0.2) is 0 Å². The first kappa shape index (κ1) is 16.7. The van der Waals surface area contributed by atoms with E-state index < -0.39 is 10.0 Å². The van der Waals surface area contributed by atoms with Crippen molar-refractivity contribution in [2.24, 2.45) is 11.1 Å². The van der Waals surface area contributed by atoms with Crippen LogP contribution in [0.1, 0.15) is 32.8 Å². The van der Waals surface area contributed by atoms with Crippen LogP contribution in [0.2, 0.25) is 0 Å². The molecule has 0 saturated carbocycles. The van der Waals surface area contributed by atoms with Crippen molar-refractivity contribution in [3.05, 3.63) is 29.8 Å². The molecule has 0 aliphatic heterocycles. The van der Waals surface area contributed by atoms with Crippen LogP contribution in [0.4, 0.5) is 0 Å². The van der Waals surface area contributed by atoms with E-state index in [0.717, 1.165) is 6.42 Å². The van der Waals surface area contributed by atoms with Crippen molar-refractivity contribution in [2.75, 3.05) is 13.1 Å². The highest BCUT2D eigenvalue weighted by Gasteiger charge is 2.16. The van der Waals surface area contributed by atoms with Crippen LogP contribution in [0.5, 0.6) is 0 Å². The summed E-state index contributed by atoms with van der Waals surface area (Å²) in [6, 6.07) is 6.56. The minimum atomic E-state index is -3.48. The Kier molecular flexibility index (Phi) is 5.75. The third-order valence-corrected chi connectivity index (χ3v) is 4.10. The number of hydrogen-bond donors (Lipinski definition) is 2. The molecule has 0 saturated heterocycles. The third-order valence-electron chi connectivity index (χ3n) is 2.65. The van der Waals surface area contributed by atoms with Crippen molar-refractivity contribution < 1.29 is 8.42 Å². The third kappa shape index (κ3) is 5.74. The van der Waals surface area contributed by atoms with Crippen molar-refractivity contribution in [2.45, 2.75) is 32.1 Å². The van der Waals surface area contributed by atoms with E-state index in [4.69, 9.17) is 5.73 Å². The molecule has 0 heterocycles. The number of nitrogens with two attached hydrogens (primary N) is 1. The Balaban J connectivity index is 2.82. The van der Waals surface area contributed by atoms with E-state index in [-0.39, 0.29) is 16.9 Å². The van der Waals surface area contributed by atoms with Crippen molar-refractivity contribution in [3.63, 3.8) is 0 Å². The first-order valence-corrected chi connectivity index (χ1v) is 8.02. The molecular weight excluding hydrogens is 272 g/mol. The van der Waals surface area contributed by atoms with Gasteiger partial charge in [0.05, 0.1) is 11.4 Å². The highest BCUT2D eigenvalue weighted by Crippen LogP contribution is 2.18. The van der Waals surface area contributed by atoms with Crippen LogP contribution >= 0.6 is 0 Å². The molecule has 0 atom stereocenters. The molecular formula is C15H22N2O2S. The quantitative estimate of drug-likeness (QED) is 0.830.